The number of nitrogens with zero attached hydrogens (tertiary/aromatic N) is 1. The van der Waals surface area contributed by atoms with Gasteiger partial charge in [0, 0.05) is 10.7 Å². The van der Waals surface area contributed by atoms with Crippen LogP contribution in [0.15, 0.2) is 39.5 Å². The van der Waals surface area contributed by atoms with Crippen molar-refractivity contribution in [2.45, 2.75) is 6.92 Å². The van der Waals surface area contributed by atoms with Crippen molar-refractivity contribution >= 4 is 37.5 Å². The maximum Gasteiger partial charge on any atom is 0.167 e. The van der Waals surface area contributed by atoms with E-state index >= 15 is 0 Å². The van der Waals surface area contributed by atoms with Gasteiger partial charge in [0.25, 0.3) is 0 Å². The summed E-state index contributed by atoms with van der Waals surface area (Å²) in [4.78, 5) is 3.96. The predicted octanol–water partition coefficient (Wildman–Crippen LogP) is 4.29. The first-order valence-corrected chi connectivity index (χ1v) is 6.49. The molecule has 3 nitrogen and oxygen atoms in total. The second-order valence-corrected chi connectivity index (χ2v) is 5.32. The molecule has 1 aromatic carbocycles. The number of aryl methyl sites for hydroxylation is 1. The number of rotatable bonds is 2. The largest absolute Gasteiger partial charge is 0.454 e. The predicted molar refractivity (Wildman–Crippen MR) is 75.3 cm³/mol. The summed E-state index contributed by atoms with van der Waals surface area (Å²) in [6, 6.07) is 5.81. The molecule has 0 saturated heterocycles. The van der Waals surface area contributed by atoms with E-state index in [0.29, 0.717) is 11.4 Å². The Bertz CT molecular complexity index is 538. The summed E-state index contributed by atoms with van der Waals surface area (Å²) in [7, 11) is 0. The van der Waals surface area contributed by atoms with Crippen LogP contribution in [-0.2, 0) is 0 Å². The van der Waals surface area contributed by atoms with Crippen molar-refractivity contribution in [3.63, 3.8) is 0 Å². The monoisotopic (exact) mass is 356 g/mol. The van der Waals surface area contributed by atoms with E-state index in [1.54, 1.807) is 12.4 Å². The molecule has 0 atom stereocenters. The first kappa shape index (κ1) is 12.4. The quantitative estimate of drug-likeness (QED) is 0.872. The summed E-state index contributed by atoms with van der Waals surface area (Å²) in [5.41, 5.74) is 7.35. The van der Waals surface area contributed by atoms with Gasteiger partial charge in [-0.05, 0) is 46.6 Å². The van der Waals surface area contributed by atoms with Gasteiger partial charge in [-0.3, -0.25) is 4.98 Å². The van der Waals surface area contributed by atoms with Gasteiger partial charge < -0.3 is 10.5 Å². The lowest BCUT2D eigenvalue weighted by atomic mass is 10.2. The molecule has 0 unspecified atom stereocenters. The SMILES string of the molecule is Cc1cc(Br)ccc1Oc1c(N)cncc1Br. The van der Waals surface area contributed by atoms with Gasteiger partial charge >= 0.3 is 0 Å². The molecule has 0 aliphatic carbocycles. The van der Waals surface area contributed by atoms with Crippen molar-refractivity contribution < 1.29 is 4.74 Å². The number of hydrogen-bond acceptors (Lipinski definition) is 3. The van der Waals surface area contributed by atoms with Crippen LogP contribution in [0.25, 0.3) is 0 Å². The highest BCUT2D eigenvalue weighted by molar-refractivity contribution is 9.10. The van der Waals surface area contributed by atoms with E-state index in [-0.39, 0.29) is 0 Å². The van der Waals surface area contributed by atoms with Gasteiger partial charge in [-0.25, -0.2) is 0 Å². The van der Waals surface area contributed by atoms with Crippen LogP contribution >= 0.6 is 31.9 Å². The molecular formula is C12H10Br2N2O. The Balaban J connectivity index is 2.38. The molecule has 2 rings (SSSR count). The van der Waals surface area contributed by atoms with Crippen LogP contribution in [0.1, 0.15) is 5.56 Å². The van der Waals surface area contributed by atoms with E-state index in [1.807, 2.05) is 25.1 Å². The number of aromatic nitrogens is 1. The first-order chi connectivity index (χ1) is 8.08. The zero-order valence-electron chi connectivity index (χ0n) is 9.08. The molecule has 0 radical (unpaired) electrons. The van der Waals surface area contributed by atoms with Gasteiger partial charge in [0.2, 0.25) is 0 Å². The van der Waals surface area contributed by atoms with Crippen LogP contribution < -0.4 is 10.5 Å². The highest BCUT2D eigenvalue weighted by Crippen LogP contribution is 2.35. The smallest absolute Gasteiger partial charge is 0.167 e. The second kappa shape index (κ2) is 5.06. The van der Waals surface area contributed by atoms with Gasteiger partial charge in [0.1, 0.15) is 5.75 Å². The number of ether oxygens (including phenoxy) is 1. The lowest BCUT2D eigenvalue weighted by Gasteiger charge is -2.12. The molecule has 2 N–H and O–H groups in total. The molecule has 0 spiro atoms. The van der Waals surface area contributed by atoms with Gasteiger partial charge in [-0.15, -0.1) is 0 Å². The van der Waals surface area contributed by atoms with Crippen molar-refractivity contribution in [1.82, 2.24) is 4.98 Å². The van der Waals surface area contributed by atoms with Crippen LogP contribution in [0.2, 0.25) is 0 Å². The molecule has 0 fully saturated rings. The number of nitrogen functional groups attached to an aromatic ring is 1. The van der Waals surface area contributed by atoms with Gasteiger partial charge in [-0.1, -0.05) is 15.9 Å². The van der Waals surface area contributed by atoms with Crippen LogP contribution in [0, 0.1) is 6.92 Å². The maximum absolute atomic E-state index is 5.82. The number of halogens is 2. The highest BCUT2D eigenvalue weighted by atomic mass is 79.9. The van der Waals surface area contributed by atoms with Crippen molar-refractivity contribution in [2.75, 3.05) is 5.73 Å². The molecule has 0 aliphatic rings. The van der Waals surface area contributed by atoms with Crippen LogP contribution in [0.4, 0.5) is 5.69 Å². The summed E-state index contributed by atoms with van der Waals surface area (Å²) >= 11 is 6.78. The lowest BCUT2D eigenvalue weighted by molar-refractivity contribution is 0.477. The summed E-state index contributed by atoms with van der Waals surface area (Å²) in [5.74, 6) is 1.36. The Labute approximate surface area is 116 Å². The molecule has 88 valence electrons. The fourth-order valence-electron chi connectivity index (χ4n) is 1.38. The average molecular weight is 358 g/mol. The number of nitrogens with two attached hydrogens (primary N) is 1. The van der Waals surface area contributed by atoms with Crippen LogP contribution in [-0.4, -0.2) is 4.98 Å². The minimum Gasteiger partial charge on any atom is -0.454 e. The zero-order chi connectivity index (χ0) is 12.4. The number of pyridine rings is 1. The van der Waals surface area contributed by atoms with Crippen LogP contribution in [0.3, 0.4) is 0 Å². The molecule has 1 heterocycles. The van der Waals surface area contributed by atoms with Crippen molar-refractivity contribution in [1.29, 1.82) is 0 Å². The Hall–Kier alpha value is -1.07. The summed E-state index contributed by atoms with van der Waals surface area (Å²) in [6.07, 6.45) is 3.22. The van der Waals surface area contributed by atoms with E-state index in [2.05, 4.69) is 36.8 Å². The molecule has 1 aromatic heterocycles. The maximum atomic E-state index is 5.82. The van der Waals surface area contributed by atoms with E-state index < -0.39 is 0 Å². The van der Waals surface area contributed by atoms with Crippen molar-refractivity contribution in [3.8, 4) is 11.5 Å². The fourth-order valence-corrected chi connectivity index (χ4v) is 2.29. The fraction of sp³-hybridized carbons (Fsp3) is 0.0833. The Morgan fingerprint density at radius 1 is 1.24 bits per heavy atom. The number of anilines is 1. The third-order valence-corrected chi connectivity index (χ3v) is 3.29. The summed E-state index contributed by atoms with van der Waals surface area (Å²) in [6.45, 7) is 1.98. The lowest BCUT2D eigenvalue weighted by Crippen LogP contribution is -1.95. The normalized spacial score (nSPS) is 10.3. The molecule has 0 aliphatic heterocycles. The number of benzene rings is 1. The van der Waals surface area contributed by atoms with Crippen molar-refractivity contribution in [3.05, 3.63) is 45.1 Å². The Morgan fingerprint density at radius 2 is 2.00 bits per heavy atom. The molecule has 0 saturated carbocycles. The molecule has 0 bridgehead atoms. The molecule has 0 amide bonds. The number of hydrogen-bond donors (Lipinski definition) is 1. The summed E-state index contributed by atoms with van der Waals surface area (Å²) < 4.78 is 7.55. The second-order valence-electron chi connectivity index (χ2n) is 3.55. The van der Waals surface area contributed by atoms with Gasteiger partial charge in [-0.2, -0.15) is 0 Å². The first-order valence-electron chi connectivity index (χ1n) is 4.91. The molecule has 5 heteroatoms. The zero-order valence-corrected chi connectivity index (χ0v) is 12.2. The van der Waals surface area contributed by atoms with Crippen LogP contribution in [0.5, 0.6) is 11.5 Å². The van der Waals surface area contributed by atoms with Gasteiger partial charge in [0.15, 0.2) is 5.75 Å². The molecular weight excluding hydrogens is 348 g/mol. The van der Waals surface area contributed by atoms with E-state index in [9.17, 15) is 0 Å². The molecule has 17 heavy (non-hydrogen) atoms. The minimum absolute atomic E-state index is 0.502. The summed E-state index contributed by atoms with van der Waals surface area (Å²) in [5, 5.41) is 0. The van der Waals surface area contributed by atoms with Gasteiger partial charge in [0.05, 0.1) is 16.4 Å². The standard InChI is InChI=1S/C12H10Br2N2O/c1-7-4-8(13)2-3-11(7)17-12-9(14)5-16-6-10(12)15/h2-6H,15H2,1H3. The average Bonchev–Trinajstić information content (AvgIpc) is 2.26. The highest BCUT2D eigenvalue weighted by Gasteiger charge is 2.09. The third-order valence-electron chi connectivity index (χ3n) is 2.23. The topological polar surface area (TPSA) is 48.1 Å². The Kier molecular flexibility index (Phi) is 3.69. The van der Waals surface area contributed by atoms with E-state index in [4.69, 9.17) is 10.5 Å². The minimum atomic E-state index is 0.502. The third kappa shape index (κ3) is 2.79. The van der Waals surface area contributed by atoms with E-state index in [1.165, 1.54) is 0 Å². The molecule has 2 aromatic rings. The van der Waals surface area contributed by atoms with Crippen molar-refractivity contribution in [2.24, 2.45) is 0 Å². The van der Waals surface area contributed by atoms with E-state index in [0.717, 1.165) is 20.3 Å². The Morgan fingerprint density at radius 3 is 2.65 bits per heavy atom.